The first-order valence-corrected chi connectivity index (χ1v) is 9.09. The van der Waals surface area contributed by atoms with Crippen molar-refractivity contribution in [3.63, 3.8) is 0 Å². The Morgan fingerprint density at radius 2 is 1.88 bits per heavy atom. The van der Waals surface area contributed by atoms with Gasteiger partial charge in [0, 0.05) is 43.5 Å². The van der Waals surface area contributed by atoms with E-state index < -0.39 is 0 Å². The van der Waals surface area contributed by atoms with Crippen molar-refractivity contribution in [2.24, 2.45) is 0 Å². The highest BCUT2D eigenvalue weighted by molar-refractivity contribution is 5.82. The van der Waals surface area contributed by atoms with Gasteiger partial charge in [0.2, 0.25) is 5.91 Å². The van der Waals surface area contributed by atoms with Crippen LogP contribution >= 0.6 is 0 Å². The van der Waals surface area contributed by atoms with Crippen LogP contribution in [0.1, 0.15) is 18.4 Å². The average molecular weight is 349 g/mol. The summed E-state index contributed by atoms with van der Waals surface area (Å²) >= 11 is 0. The first-order valence-electron chi connectivity index (χ1n) is 9.09. The number of hydrogen-bond acceptors (Lipinski definition) is 4. The molecule has 1 aromatic carbocycles. The Labute approximate surface area is 152 Å². The number of nitrogens with one attached hydrogen (secondary N) is 1. The summed E-state index contributed by atoms with van der Waals surface area (Å²) in [6.45, 7) is 3.21. The van der Waals surface area contributed by atoms with E-state index in [-0.39, 0.29) is 18.5 Å². The molecule has 1 aliphatic heterocycles. The normalized spacial score (nSPS) is 16.0. The zero-order chi connectivity index (χ0) is 17.8. The number of benzene rings is 1. The van der Waals surface area contributed by atoms with Crippen molar-refractivity contribution in [3.05, 3.63) is 60.6 Å². The number of carbonyl (C=O) groups is 1. The van der Waals surface area contributed by atoms with Gasteiger partial charge < -0.3 is 5.32 Å². The fourth-order valence-corrected chi connectivity index (χ4v) is 3.54. The molecule has 0 bridgehead atoms. The summed E-state index contributed by atoms with van der Waals surface area (Å²) in [7, 11) is 0. The maximum absolute atomic E-state index is 12.4. The van der Waals surface area contributed by atoms with Gasteiger partial charge in [-0.2, -0.15) is 5.10 Å². The lowest BCUT2D eigenvalue weighted by Crippen LogP contribution is -2.45. The molecule has 0 aliphatic carbocycles. The van der Waals surface area contributed by atoms with Gasteiger partial charge in [0.05, 0.1) is 11.7 Å². The molecule has 0 saturated carbocycles. The van der Waals surface area contributed by atoms with Gasteiger partial charge in [-0.25, -0.2) is 0 Å². The Bertz CT molecular complexity index is 868. The lowest BCUT2D eigenvalue weighted by atomic mass is 10.0. The molecule has 0 unspecified atom stereocenters. The van der Waals surface area contributed by atoms with Gasteiger partial charge in [0.1, 0.15) is 6.54 Å². The minimum absolute atomic E-state index is 0.0337. The van der Waals surface area contributed by atoms with Crippen LogP contribution in [0, 0.1) is 0 Å². The molecule has 6 nitrogen and oxygen atoms in total. The number of likely N-dealkylation sites (tertiary alicyclic amines) is 1. The molecule has 1 fully saturated rings. The Balaban J connectivity index is 1.27. The number of piperidine rings is 1. The van der Waals surface area contributed by atoms with Gasteiger partial charge >= 0.3 is 0 Å². The van der Waals surface area contributed by atoms with Gasteiger partial charge in [-0.05, 0) is 36.6 Å². The van der Waals surface area contributed by atoms with Crippen molar-refractivity contribution >= 4 is 16.8 Å². The van der Waals surface area contributed by atoms with Crippen LogP contribution in [0.3, 0.4) is 0 Å². The van der Waals surface area contributed by atoms with Crippen LogP contribution in [0.15, 0.2) is 55.0 Å². The number of nitrogens with zero attached hydrogens (tertiary/aromatic N) is 4. The Morgan fingerprint density at radius 1 is 1.12 bits per heavy atom. The molecule has 1 saturated heterocycles. The third-order valence-electron chi connectivity index (χ3n) is 4.95. The third-order valence-corrected chi connectivity index (χ3v) is 4.95. The van der Waals surface area contributed by atoms with E-state index in [0.29, 0.717) is 0 Å². The van der Waals surface area contributed by atoms with Crippen LogP contribution in [0.5, 0.6) is 0 Å². The summed E-state index contributed by atoms with van der Waals surface area (Å²) in [5, 5.41) is 8.56. The zero-order valence-corrected chi connectivity index (χ0v) is 14.7. The summed E-state index contributed by atoms with van der Waals surface area (Å²) in [4.78, 5) is 18.9. The van der Waals surface area contributed by atoms with Gasteiger partial charge in [0.15, 0.2) is 0 Å². The summed E-state index contributed by atoms with van der Waals surface area (Å²) in [6.07, 6.45) is 7.44. The molecule has 3 aromatic rings. The summed E-state index contributed by atoms with van der Waals surface area (Å²) in [6, 6.07) is 12.3. The van der Waals surface area contributed by atoms with E-state index in [1.54, 1.807) is 10.9 Å². The number of fused-ring (bicyclic) bond motifs is 1. The van der Waals surface area contributed by atoms with Gasteiger partial charge in [-0.1, -0.05) is 18.2 Å². The first-order chi connectivity index (χ1) is 12.8. The van der Waals surface area contributed by atoms with Crippen LogP contribution in [-0.4, -0.2) is 44.7 Å². The molecule has 6 heteroatoms. The van der Waals surface area contributed by atoms with Crippen molar-refractivity contribution in [2.45, 2.75) is 32.0 Å². The average Bonchev–Trinajstić information content (AvgIpc) is 3.07. The lowest BCUT2D eigenvalue weighted by molar-refractivity contribution is -0.122. The predicted molar refractivity (Wildman–Crippen MR) is 100 cm³/mol. The summed E-state index contributed by atoms with van der Waals surface area (Å²) in [5.74, 6) is 0.0337. The second-order valence-electron chi connectivity index (χ2n) is 6.83. The van der Waals surface area contributed by atoms with Crippen LogP contribution < -0.4 is 5.32 Å². The third kappa shape index (κ3) is 3.91. The van der Waals surface area contributed by atoms with Crippen molar-refractivity contribution in [3.8, 4) is 0 Å². The molecule has 3 heterocycles. The monoisotopic (exact) mass is 349 g/mol. The van der Waals surface area contributed by atoms with E-state index in [0.717, 1.165) is 43.4 Å². The predicted octanol–water partition coefficient (Wildman–Crippen LogP) is 2.21. The number of pyridine rings is 1. The standard InChI is InChI=1S/C20H23N5O/c26-20(15-25-19-4-2-1-3-17(19)13-22-25)23-18-7-11-24(12-8-18)14-16-5-9-21-10-6-16/h1-6,9-10,13,18H,7-8,11-12,14-15H2,(H,23,26). The zero-order valence-electron chi connectivity index (χ0n) is 14.7. The molecule has 1 amide bonds. The van der Waals surface area contributed by atoms with Crippen LogP contribution in [0.4, 0.5) is 0 Å². The molecular formula is C20H23N5O. The molecule has 1 aliphatic rings. The van der Waals surface area contributed by atoms with Crippen molar-refractivity contribution in [1.82, 2.24) is 25.0 Å². The minimum Gasteiger partial charge on any atom is -0.352 e. The van der Waals surface area contributed by atoms with E-state index in [4.69, 9.17) is 0 Å². The Morgan fingerprint density at radius 3 is 2.69 bits per heavy atom. The van der Waals surface area contributed by atoms with Crippen molar-refractivity contribution in [1.29, 1.82) is 0 Å². The van der Waals surface area contributed by atoms with E-state index in [2.05, 4.69) is 32.4 Å². The highest BCUT2D eigenvalue weighted by atomic mass is 16.2. The van der Waals surface area contributed by atoms with Crippen molar-refractivity contribution in [2.75, 3.05) is 13.1 Å². The van der Waals surface area contributed by atoms with Gasteiger partial charge in [-0.3, -0.25) is 19.4 Å². The van der Waals surface area contributed by atoms with Gasteiger partial charge in [-0.15, -0.1) is 0 Å². The smallest absolute Gasteiger partial charge is 0.241 e. The minimum atomic E-state index is 0.0337. The second-order valence-corrected chi connectivity index (χ2v) is 6.83. The number of amides is 1. The number of rotatable bonds is 5. The summed E-state index contributed by atoms with van der Waals surface area (Å²) < 4.78 is 1.77. The van der Waals surface area contributed by atoms with Crippen LogP contribution in [-0.2, 0) is 17.9 Å². The molecule has 1 N–H and O–H groups in total. The highest BCUT2D eigenvalue weighted by Gasteiger charge is 2.21. The maximum atomic E-state index is 12.4. The SMILES string of the molecule is O=C(Cn1ncc2ccccc21)NC1CCN(Cc2ccncc2)CC1. The fraction of sp³-hybridized carbons (Fsp3) is 0.350. The number of aromatic nitrogens is 3. The molecular weight excluding hydrogens is 326 g/mol. The molecule has 26 heavy (non-hydrogen) atoms. The lowest BCUT2D eigenvalue weighted by Gasteiger charge is -2.32. The molecule has 4 rings (SSSR count). The molecule has 0 spiro atoms. The summed E-state index contributed by atoms with van der Waals surface area (Å²) in [5.41, 5.74) is 2.28. The fourth-order valence-electron chi connectivity index (χ4n) is 3.54. The van der Waals surface area contributed by atoms with E-state index >= 15 is 0 Å². The number of carbonyl (C=O) groups excluding carboxylic acids is 1. The first kappa shape index (κ1) is 16.7. The largest absolute Gasteiger partial charge is 0.352 e. The quantitative estimate of drug-likeness (QED) is 0.767. The van der Waals surface area contributed by atoms with Crippen molar-refractivity contribution < 1.29 is 4.79 Å². The van der Waals surface area contributed by atoms with E-state index in [1.807, 2.05) is 36.7 Å². The molecule has 0 radical (unpaired) electrons. The van der Waals surface area contributed by atoms with Crippen LogP contribution in [0.25, 0.3) is 10.9 Å². The van der Waals surface area contributed by atoms with Gasteiger partial charge in [0.25, 0.3) is 0 Å². The molecule has 0 atom stereocenters. The Kier molecular flexibility index (Phi) is 4.93. The topological polar surface area (TPSA) is 63.1 Å². The second kappa shape index (κ2) is 7.66. The maximum Gasteiger partial charge on any atom is 0.241 e. The highest BCUT2D eigenvalue weighted by Crippen LogP contribution is 2.15. The van der Waals surface area contributed by atoms with E-state index in [9.17, 15) is 4.79 Å². The molecule has 2 aromatic heterocycles. The number of para-hydroxylation sites is 1. The number of hydrogen-bond donors (Lipinski definition) is 1. The Hall–Kier alpha value is -2.73. The molecule has 134 valence electrons. The van der Waals surface area contributed by atoms with E-state index in [1.165, 1.54) is 5.56 Å². The van der Waals surface area contributed by atoms with Crippen LogP contribution in [0.2, 0.25) is 0 Å².